The van der Waals surface area contributed by atoms with Gasteiger partial charge in [0.05, 0.1) is 11.6 Å². The molecular weight excluding hydrogens is 254 g/mol. The van der Waals surface area contributed by atoms with E-state index in [4.69, 9.17) is 0 Å². The highest BCUT2D eigenvalue weighted by Gasteiger charge is 2.09. The van der Waals surface area contributed by atoms with E-state index in [1.165, 1.54) is 16.9 Å². The van der Waals surface area contributed by atoms with Gasteiger partial charge in [0, 0.05) is 29.5 Å². The van der Waals surface area contributed by atoms with Crippen LogP contribution in [0.4, 0.5) is 0 Å². The van der Waals surface area contributed by atoms with Gasteiger partial charge in [-0.15, -0.1) is 11.3 Å². The third kappa shape index (κ3) is 3.91. The minimum atomic E-state index is 0.476. The van der Waals surface area contributed by atoms with E-state index in [9.17, 15) is 0 Å². The zero-order chi connectivity index (χ0) is 13.7. The van der Waals surface area contributed by atoms with E-state index in [1.807, 2.05) is 6.20 Å². The fourth-order valence-electron chi connectivity index (χ4n) is 2.24. The quantitative estimate of drug-likeness (QED) is 0.835. The second kappa shape index (κ2) is 6.87. The summed E-state index contributed by atoms with van der Waals surface area (Å²) in [4.78, 5) is 5.62. The number of hydrogen-bond acceptors (Lipinski definition) is 3. The van der Waals surface area contributed by atoms with Gasteiger partial charge >= 0.3 is 0 Å². The lowest BCUT2D eigenvalue weighted by atomic mass is 10.1. The zero-order valence-corrected chi connectivity index (χ0v) is 12.8. The molecule has 2 heterocycles. The topological polar surface area (TPSA) is 29.9 Å². The van der Waals surface area contributed by atoms with Crippen molar-refractivity contribution in [1.82, 2.24) is 14.9 Å². The summed E-state index contributed by atoms with van der Waals surface area (Å²) in [5.74, 6) is 0. The van der Waals surface area contributed by atoms with Gasteiger partial charge in [-0.2, -0.15) is 0 Å². The Labute approximate surface area is 119 Å². The number of thiazole rings is 1. The second-order valence-corrected chi connectivity index (χ2v) is 6.20. The van der Waals surface area contributed by atoms with Gasteiger partial charge in [0.25, 0.3) is 0 Å². The minimum absolute atomic E-state index is 0.476. The first kappa shape index (κ1) is 14.3. The van der Waals surface area contributed by atoms with Gasteiger partial charge in [0.2, 0.25) is 0 Å². The normalized spacial score (nSPS) is 12.8. The molecule has 4 heteroatoms. The first-order valence-electron chi connectivity index (χ1n) is 7.03. The molecule has 1 N–H and O–H groups in total. The third-order valence-corrected chi connectivity index (χ3v) is 4.13. The van der Waals surface area contributed by atoms with Crippen LogP contribution < -0.4 is 5.32 Å². The molecule has 3 nitrogen and oxygen atoms in total. The summed E-state index contributed by atoms with van der Waals surface area (Å²) in [6.45, 7) is 8.50. The van der Waals surface area contributed by atoms with E-state index in [2.05, 4.69) is 54.1 Å². The molecule has 1 unspecified atom stereocenters. The molecule has 2 rings (SSSR count). The maximum Gasteiger partial charge on any atom is 0.0897 e. The molecule has 0 spiro atoms. The first-order valence-corrected chi connectivity index (χ1v) is 7.85. The Balaban J connectivity index is 2.01. The van der Waals surface area contributed by atoms with Crippen LogP contribution in [0.25, 0.3) is 0 Å². The Morgan fingerprint density at radius 3 is 2.89 bits per heavy atom. The number of rotatable bonds is 7. The summed E-state index contributed by atoms with van der Waals surface area (Å²) in [5.41, 5.74) is 1.39. The Bertz CT molecular complexity index is 501. The minimum Gasteiger partial charge on any atom is -0.349 e. The first-order chi connectivity index (χ1) is 9.22. The molecule has 0 amide bonds. The van der Waals surface area contributed by atoms with Crippen molar-refractivity contribution in [2.24, 2.45) is 0 Å². The van der Waals surface area contributed by atoms with Crippen LogP contribution in [0.2, 0.25) is 0 Å². The predicted octanol–water partition coefficient (Wildman–Crippen LogP) is 3.75. The van der Waals surface area contributed by atoms with E-state index in [0.717, 1.165) is 24.5 Å². The molecule has 0 bridgehead atoms. The molecule has 0 aliphatic carbocycles. The molecular formula is C15H23N3S. The Kier molecular flexibility index (Phi) is 5.16. The lowest BCUT2D eigenvalue weighted by molar-refractivity contribution is 0.518. The van der Waals surface area contributed by atoms with Gasteiger partial charge in [0.15, 0.2) is 0 Å². The highest BCUT2D eigenvalue weighted by molar-refractivity contribution is 7.11. The van der Waals surface area contributed by atoms with Crippen LogP contribution >= 0.6 is 11.3 Å². The monoisotopic (exact) mass is 277 g/mol. The van der Waals surface area contributed by atoms with Gasteiger partial charge in [-0.1, -0.05) is 13.8 Å². The second-order valence-electron chi connectivity index (χ2n) is 4.88. The largest absolute Gasteiger partial charge is 0.349 e. The molecule has 1 atom stereocenters. The van der Waals surface area contributed by atoms with Crippen molar-refractivity contribution in [3.63, 3.8) is 0 Å². The van der Waals surface area contributed by atoms with Gasteiger partial charge in [-0.25, -0.2) is 4.98 Å². The fraction of sp³-hybridized carbons (Fsp3) is 0.533. The van der Waals surface area contributed by atoms with E-state index < -0.39 is 0 Å². The summed E-state index contributed by atoms with van der Waals surface area (Å²) < 4.78 is 2.25. The number of aryl methyl sites for hydroxylation is 1. The molecule has 2 aromatic heterocycles. The SMILES string of the molecule is CCCNC(CC)c1ccn(Cc2cnc(C)s2)c1. The summed E-state index contributed by atoms with van der Waals surface area (Å²) in [6, 6.07) is 2.70. The van der Waals surface area contributed by atoms with E-state index >= 15 is 0 Å². The van der Waals surface area contributed by atoms with Gasteiger partial charge < -0.3 is 9.88 Å². The molecule has 0 radical (unpaired) electrons. The van der Waals surface area contributed by atoms with Crippen LogP contribution in [-0.2, 0) is 6.54 Å². The van der Waals surface area contributed by atoms with Crippen LogP contribution in [0.5, 0.6) is 0 Å². The number of nitrogens with zero attached hydrogens (tertiary/aromatic N) is 2. The number of aromatic nitrogens is 2. The molecule has 0 aliphatic rings. The Morgan fingerprint density at radius 2 is 2.26 bits per heavy atom. The molecule has 19 heavy (non-hydrogen) atoms. The summed E-state index contributed by atoms with van der Waals surface area (Å²) >= 11 is 1.77. The summed E-state index contributed by atoms with van der Waals surface area (Å²) in [6.07, 6.45) is 8.71. The lowest BCUT2D eigenvalue weighted by Crippen LogP contribution is -2.21. The van der Waals surface area contributed by atoms with E-state index in [-0.39, 0.29) is 0 Å². The van der Waals surface area contributed by atoms with Crippen LogP contribution in [0.1, 0.15) is 48.2 Å². The smallest absolute Gasteiger partial charge is 0.0897 e. The third-order valence-electron chi connectivity index (χ3n) is 3.23. The van der Waals surface area contributed by atoms with Gasteiger partial charge in [0.1, 0.15) is 0 Å². The fourth-order valence-corrected chi connectivity index (χ4v) is 3.04. The number of nitrogens with one attached hydrogen (secondary N) is 1. The van der Waals surface area contributed by atoms with Crippen LogP contribution in [0.15, 0.2) is 24.7 Å². The van der Waals surface area contributed by atoms with Crippen molar-refractivity contribution in [3.05, 3.63) is 40.1 Å². The molecule has 0 saturated carbocycles. The van der Waals surface area contributed by atoms with Gasteiger partial charge in [-0.05, 0) is 37.9 Å². The van der Waals surface area contributed by atoms with Crippen molar-refractivity contribution in [3.8, 4) is 0 Å². The number of hydrogen-bond donors (Lipinski definition) is 1. The van der Waals surface area contributed by atoms with E-state index in [0.29, 0.717) is 6.04 Å². The van der Waals surface area contributed by atoms with E-state index in [1.54, 1.807) is 11.3 Å². The Morgan fingerprint density at radius 1 is 1.42 bits per heavy atom. The highest BCUT2D eigenvalue weighted by Crippen LogP contribution is 2.19. The molecule has 104 valence electrons. The Hall–Kier alpha value is -1.13. The molecule has 2 aromatic rings. The molecule has 0 fully saturated rings. The molecule has 0 aliphatic heterocycles. The predicted molar refractivity (Wildman–Crippen MR) is 81.7 cm³/mol. The maximum atomic E-state index is 4.30. The average molecular weight is 277 g/mol. The zero-order valence-electron chi connectivity index (χ0n) is 12.0. The van der Waals surface area contributed by atoms with Crippen molar-refractivity contribution in [1.29, 1.82) is 0 Å². The van der Waals surface area contributed by atoms with Crippen LogP contribution in [0, 0.1) is 6.92 Å². The maximum absolute atomic E-state index is 4.30. The summed E-state index contributed by atoms with van der Waals surface area (Å²) in [7, 11) is 0. The van der Waals surface area contributed by atoms with Gasteiger partial charge in [-0.3, -0.25) is 0 Å². The molecule has 0 aromatic carbocycles. The lowest BCUT2D eigenvalue weighted by Gasteiger charge is -2.14. The summed E-state index contributed by atoms with van der Waals surface area (Å²) in [5, 5.41) is 4.73. The van der Waals surface area contributed by atoms with Crippen molar-refractivity contribution in [2.75, 3.05) is 6.54 Å². The average Bonchev–Trinajstić information content (AvgIpc) is 3.01. The van der Waals surface area contributed by atoms with Crippen LogP contribution in [0.3, 0.4) is 0 Å². The highest BCUT2D eigenvalue weighted by atomic mass is 32.1. The van der Waals surface area contributed by atoms with Crippen molar-refractivity contribution >= 4 is 11.3 Å². The van der Waals surface area contributed by atoms with Crippen molar-refractivity contribution in [2.45, 2.75) is 46.2 Å². The standard InChI is InChI=1S/C15H23N3S/c1-4-7-16-15(5-2)13-6-8-18(10-13)11-14-9-17-12(3)19-14/h6,8-10,15-16H,4-5,7,11H2,1-3H3. The molecule has 0 saturated heterocycles. The van der Waals surface area contributed by atoms with Crippen molar-refractivity contribution < 1.29 is 0 Å². The van der Waals surface area contributed by atoms with Crippen LogP contribution in [-0.4, -0.2) is 16.1 Å².